The minimum atomic E-state index is 0.0755. The molecule has 3 rings (SSSR count). The second-order valence-electron chi connectivity index (χ2n) is 6.32. The molecule has 2 aliphatic rings. The van der Waals surface area contributed by atoms with Crippen LogP contribution in [0.1, 0.15) is 62.7 Å². The molecule has 2 fully saturated rings. The normalized spacial score (nSPS) is 24.3. The van der Waals surface area contributed by atoms with Crippen molar-refractivity contribution in [1.29, 1.82) is 0 Å². The van der Waals surface area contributed by atoms with Crippen molar-refractivity contribution < 1.29 is 4.79 Å². The first-order chi connectivity index (χ1) is 10.3. The van der Waals surface area contributed by atoms with Crippen LogP contribution in [0.25, 0.3) is 0 Å². The molecular weight excluding hydrogens is 260 g/mol. The maximum atomic E-state index is 12.4. The topological polar surface area (TPSA) is 32.3 Å². The molecule has 1 aliphatic heterocycles. The summed E-state index contributed by atoms with van der Waals surface area (Å²) < 4.78 is 0. The van der Waals surface area contributed by atoms with Crippen LogP contribution in [0.2, 0.25) is 0 Å². The van der Waals surface area contributed by atoms with E-state index in [0.717, 1.165) is 19.3 Å². The highest BCUT2D eigenvalue weighted by atomic mass is 16.2. The Balaban J connectivity index is 1.80. The number of carbonyl (C=O) groups is 1. The highest BCUT2D eigenvalue weighted by Crippen LogP contribution is 2.31. The van der Waals surface area contributed by atoms with E-state index in [0.29, 0.717) is 12.6 Å². The molecule has 1 saturated carbocycles. The van der Waals surface area contributed by atoms with Gasteiger partial charge in [0, 0.05) is 6.04 Å². The predicted molar refractivity (Wildman–Crippen MR) is 84.9 cm³/mol. The van der Waals surface area contributed by atoms with Crippen LogP contribution in [-0.4, -0.2) is 23.4 Å². The number of amides is 1. The molecule has 0 bridgehead atoms. The Morgan fingerprint density at radius 1 is 1.10 bits per heavy atom. The molecule has 1 atom stereocenters. The smallest absolute Gasteiger partial charge is 0.238 e. The first-order valence-electron chi connectivity index (χ1n) is 8.43. The fraction of sp³-hybridized carbons (Fsp3) is 0.611. The Hall–Kier alpha value is -1.35. The SMILES string of the molecule is CCc1ccc(C2NCC(=O)N2C2CCCCCC2)cc1. The van der Waals surface area contributed by atoms with Crippen LogP contribution in [0.4, 0.5) is 0 Å². The highest BCUT2D eigenvalue weighted by molar-refractivity contribution is 5.81. The van der Waals surface area contributed by atoms with Crippen molar-refractivity contribution in [1.82, 2.24) is 10.2 Å². The summed E-state index contributed by atoms with van der Waals surface area (Å²) in [5.41, 5.74) is 2.58. The lowest BCUT2D eigenvalue weighted by Gasteiger charge is -2.32. The summed E-state index contributed by atoms with van der Waals surface area (Å²) in [6.45, 7) is 2.65. The van der Waals surface area contributed by atoms with Gasteiger partial charge in [0.1, 0.15) is 6.17 Å². The maximum Gasteiger partial charge on any atom is 0.238 e. The Morgan fingerprint density at radius 2 is 1.76 bits per heavy atom. The molecule has 1 aliphatic carbocycles. The number of hydrogen-bond acceptors (Lipinski definition) is 2. The fourth-order valence-corrected chi connectivity index (χ4v) is 3.68. The van der Waals surface area contributed by atoms with Gasteiger partial charge in [-0.3, -0.25) is 10.1 Å². The van der Waals surface area contributed by atoms with Crippen LogP contribution in [0.5, 0.6) is 0 Å². The number of rotatable bonds is 3. The van der Waals surface area contributed by atoms with Gasteiger partial charge < -0.3 is 4.90 Å². The average Bonchev–Trinajstić information content (AvgIpc) is 2.74. The van der Waals surface area contributed by atoms with Gasteiger partial charge in [0.15, 0.2) is 0 Å². The minimum Gasteiger partial charge on any atom is -0.319 e. The number of carbonyl (C=O) groups excluding carboxylic acids is 1. The van der Waals surface area contributed by atoms with E-state index in [1.807, 2.05) is 0 Å². The summed E-state index contributed by atoms with van der Waals surface area (Å²) in [6, 6.07) is 9.15. The summed E-state index contributed by atoms with van der Waals surface area (Å²) in [7, 11) is 0. The van der Waals surface area contributed by atoms with E-state index < -0.39 is 0 Å². The molecular formula is C18H26N2O. The number of hydrogen-bond donors (Lipinski definition) is 1. The van der Waals surface area contributed by atoms with Crippen molar-refractivity contribution in [3.05, 3.63) is 35.4 Å². The van der Waals surface area contributed by atoms with Gasteiger partial charge in [-0.05, 0) is 30.4 Å². The molecule has 0 radical (unpaired) electrons. The molecule has 1 N–H and O–H groups in total. The van der Waals surface area contributed by atoms with Gasteiger partial charge in [0.2, 0.25) is 5.91 Å². The fourth-order valence-electron chi connectivity index (χ4n) is 3.68. The van der Waals surface area contributed by atoms with Gasteiger partial charge in [-0.25, -0.2) is 0 Å². The molecule has 3 heteroatoms. The third kappa shape index (κ3) is 3.13. The quantitative estimate of drug-likeness (QED) is 0.864. The van der Waals surface area contributed by atoms with E-state index >= 15 is 0 Å². The average molecular weight is 286 g/mol. The Kier molecular flexibility index (Phi) is 4.59. The molecule has 1 heterocycles. The van der Waals surface area contributed by atoms with Crippen molar-refractivity contribution in [2.24, 2.45) is 0 Å². The Bertz CT molecular complexity index is 474. The predicted octanol–water partition coefficient (Wildman–Crippen LogP) is 3.40. The van der Waals surface area contributed by atoms with E-state index in [1.54, 1.807) is 0 Å². The molecule has 3 nitrogen and oxygen atoms in total. The molecule has 1 aromatic carbocycles. The van der Waals surface area contributed by atoms with Crippen LogP contribution < -0.4 is 5.32 Å². The summed E-state index contributed by atoms with van der Waals surface area (Å²) >= 11 is 0. The molecule has 21 heavy (non-hydrogen) atoms. The second-order valence-corrected chi connectivity index (χ2v) is 6.32. The molecule has 0 aromatic heterocycles. The summed E-state index contributed by atoms with van der Waals surface area (Å²) in [5.74, 6) is 0.270. The monoisotopic (exact) mass is 286 g/mol. The number of aryl methyl sites for hydroxylation is 1. The summed E-state index contributed by atoms with van der Waals surface area (Å²) in [6.07, 6.45) is 8.62. The van der Waals surface area contributed by atoms with Gasteiger partial charge >= 0.3 is 0 Å². The van der Waals surface area contributed by atoms with Crippen LogP contribution in [0.3, 0.4) is 0 Å². The first-order valence-corrected chi connectivity index (χ1v) is 8.43. The lowest BCUT2D eigenvalue weighted by atomic mass is 10.0. The Morgan fingerprint density at radius 3 is 2.38 bits per heavy atom. The van der Waals surface area contributed by atoms with E-state index in [-0.39, 0.29) is 12.1 Å². The van der Waals surface area contributed by atoms with Crippen LogP contribution >= 0.6 is 0 Å². The second kappa shape index (κ2) is 6.61. The maximum absolute atomic E-state index is 12.4. The lowest BCUT2D eigenvalue weighted by molar-refractivity contribution is -0.130. The van der Waals surface area contributed by atoms with Crippen molar-refractivity contribution >= 4 is 5.91 Å². The molecule has 1 aromatic rings. The molecule has 1 amide bonds. The van der Waals surface area contributed by atoms with Crippen molar-refractivity contribution in [2.75, 3.05) is 6.54 Å². The zero-order chi connectivity index (χ0) is 14.7. The van der Waals surface area contributed by atoms with E-state index in [2.05, 4.69) is 41.4 Å². The van der Waals surface area contributed by atoms with Gasteiger partial charge in [-0.1, -0.05) is 56.9 Å². The van der Waals surface area contributed by atoms with E-state index in [4.69, 9.17) is 0 Å². The summed E-state index contributed by atoms with van der Waals surface area (Å²) in [4.78, 5) is 14.5. The third-order valence-electron chi connectivity index (χ3n) is 4.93. The summed E-state index contributed by atoms with van der Waals surface area (Å²) in [5, 5.41) is 3.40. The van der Waals surface area contributed by atoms with Gasteiger partial charge in [0.25, 0.3) is 0 Å². The van der Waals surface area contributed by atoms with Crippen molar-refractivity contribution in [3.8, 4) is 0 Å². The number of nitrogens with one attached hydrogen (secondary N) is 1. The third-order valence-corrected chi connectivity index (χ3v) is 4.93. The minimum absolute atomic E-state index is 0.0755. The number of benzene rings is 1. The lowest BCUT2D eigenvalue weighted by Crippen LogP contribution is -2.39. The molecule has 1 saturated heterocycles. The van der Waals surface area contributed by atoms with E-state index in [9.17, 15) is 4.79 Å². The van der Waals surface area contributed by atoms with Crippen molar-refractivity contribution in [3.63, 3.8) is 0 Å². The molecule has 114 valence electrons. The first kappa shape index (κ1) is 14.6. The van der Waals surface area contributed by atoms with Crippen LogP contribution in [0, 0.1) is 0 Å². The van der Waals surface area contributed by atoms with Gasteiger partial charge in [-0.15, -0.1) is 0 Å². The zero-order valence-corrected chi connectivity index (χ0v) is 13.0. The van der Waals surface area contributed by atoms with Crippen molar-refractivity contribution in [2.45, 2.75) is 64.1 Å². The van der Waals surface area contributed by atoms with E-state index in [1.165, 1.54) is 36.8 Å². The molecule has 1 unspecified atom stereocenters. The van der Waals surface area contributed by atoms with Crippen LogP contribution in [0.15, 0.2) is 24.3 Å². The van der Waals surface area contributed by atoms with Gasteiger partial charge in [0.05, 0.1) is 6.54 Å². The largest absolute Gasteiger partial charge is 0.319 e. The van der Waals surface area contributed by atoms with Gasteiger partial charge in [-0.2, -0.15) is 0 Å². The molecule has 0 spiro atoms. The van der Waals surface area contributed by atoms with Crippen LogP contribution in [-0.2, 0) is 11.2 Å². The highest BCUT2D eigenvalue weighted by Gasteiger charge is 2.36. The Labute approximate surface area is 127 Å². The zero-order valence-electron chi connectivity index (χ0n) is 13.0. The number of nitrogens with zero attached hydrogens (tertiary/aromatic N) is 1. The standard InChI is InChI=1S/C18H26N2O/c1-2-14-9-11-15(12-10-14)18-19-13-17(21)20(18)16-7-5-3-4-6-8-16/h9-12,16,18-19H,2-8,13H2,1H3.